The smallest absolute Gasteiger partial charge is 0.478 e. The van der Waals surface area contributed by atoms with Crippen molar-refractivity contribution in [3.63, 3.8) is 0 Å². The first-order chi connectivity index (χ1) is 14.3. The monoisotopic (exact) mass is 405 g/mol. The number of aryl methyl sites for hydroxylation is 2. The maximum atomic E-state index is 12.5. The van der Waals surface area contributed by atoms with E-state index in [0.717, 1.165) is 11.4 Å². The van der Waals surface area contributed by atoms with Crippen LogP contribution < -0.4 is 10.9 Å². The van der Waals surface area contributed by atoms with Crippen LogP contribution in [0.5, 0.6) is 0 Å². The Morgan fingerprint density at radius 2 is 1.73 bits per heavy atom. The summed E-state index contributed by atoms with van der Waals surface area (Å²) in [7, 11) is -1.60. The predicted molar refractivity (Wildman–Crippen MR) is 114 cm³/mol. The van der Waals surface area contributed by atoms with Crippen molar-refractivity contribution in [2.75, 3.05) is 0 Å². The summed E-state index contributed by atoms with van der Waals surface area (Å²) in [5.74, 6) is -1.60. The van der Waals surface area contributed by atoms with Crippen LogP contribution in [0.25, 0.3) is 5.69 Å². The number of benzene rings is 2. The number of aromatic nitrogens is 1. The Bertz CT molecular complexity index is 1120. The number of carboxylic acids is 1. The summed E-state index contributed by atoms with van der Waals surface area (Å²) in [6, 6.07) is 14.5. The SMILES string of the molecule is Cc1ccc(C)n1-c1cc(C(=O)NN=Cc2cccc(B(O)O)c2)ccc1C(=O)O. The second-order valence-electron chi connectivity index (χ2n) is 6.73. The number of carboxylic acid groups (broad SMARTS) is 1. The first-order valence-corrected chi connectivity index (χ1v) is 9.10. The fourth-order valence-electron chi connectivity index (χ4n) is 3.12. The van der Waals surface area contributed by atoms with Crippen LogP contribution in [0.4, 0.5) is 0 Å². The molecule has 1 amide bonds. The first kappa shape index (κ1) is 21.0. The quantitative estimate of drug-likeness (QED) is 0.279. The Morgan fingerprint density at radius 3 is 2.37 bits per heavy atom. The Balaban J connectivity index is 1.85. The highest BCUT2D eigenvalue weighted by molar-refractivity contribution is 6.58. The Labute approximate surface area is 173 Å². The number of rotatable bonds is 6. The number of hydrogen-bond acceptors (Lipinski definition) is 5. The Morgan fingerprint density at radius 1 is 1.03 bits per heavy atom. The number of nitrogens with zero attached hydrogens (tertiary/aromatic N) is 2. The predicted octanol–water partition coefficient (Wildman–Crippen LogP) is 1.24. The fraction of sp³-hybridized carbons (Fsp3) is 0.0952. The van der Waals surface area contributed by atoms with Crippen molar-refractivity contribution >= 4 is 30.7 Å². The molecule has 0 unspecified atom stereocenters. The van der Waals surface area contributed by atoms with Crippen molar-refractivity contribution in [2.24, 2.45) is 5.10 Å². The zero-order valence-corrected chi connectivity index (χ0v) is 16.4. The maximum absolute atomic E-state index is 12.5. The van der Waals surface area contributed by atoms with Crippen LogP contribution in [0.3, 0.4) is 0 Å². The van der Waals surface area contributed by atoms with Gasteiger partial charge in [0.25, 0.3) is 5.91 Å². The molecule has 0 saturated heterocycles. The summed E-state index contributed by atoms with van der Waals surface area (Å²) in [5, 5.41) is 31.8. The van der Waals surface area contributed by atoms with E-state index in [1.807, 2.05) is 26.0 Å². The van der Waals surface area contributed by atoms with E-state index in [4.69, 9.17) is 0 Å². The fourth-order valence-corrected chi connectivity index (χ4v) is 3.12. The summed E-state index contributed by atoms with van der Waals surface area (Å²) in [6.07, 6.45) is 1.37. The average Bonchev–Trinajstić information content (AvgIpc) is 3.05. The van der Waals surface area contributed by atoms with Gasteiger partial charge in [0.2, 0.25) is 0 Å². The molecule has 0 radical (unpaired) electrons. The second kappa shape index (κ2) is 8.77. The molecule has 152 valence electrons. The number of amides is 1. The summed E-state index contributed by atoms with van der Waals surface area (Å²) in [4.78, 5) is 24.2. The largest absolute Gasteiger partial charge is 0.488 e. The third-order valence-electron chi connectivity index (χ3n) is 4.59. The molecule has 30 heavy (non-hydrogen) atoms. The maximum Gasteiger partial charge on any atom is 0.488 e. The highest BCUT2D eigenvalue weighted by atomic mass is 16.4. The Kier molecular flexibility index (Phi) is 6.15. The number of aromatic carboxylic acids is 1. The molecule has 3 aromatic rings. The molecule has 1 aromatic heterocycles. The van der Waals surface area contributed by atoms with Crippen molar-refractivity contribution in [1.29, 1.82) is 0 Å². The lowest BCUT2D eigenvalue weighted by atomic mass is 9.80. The van der Waals surface area contributed by atoms with Gasteiger partial charge in [-0.05, 0) is 55.2 Å². The molecule has 0 atom stereocenters. The summed E-state index contributed by atoms with van der Waals surface area (Å²) < 4.78 is 1.77. The van der Waals surface area contributed by atoms with E-state index in [0.29, 0.717) is 16.7 Å². The number of nitrogens with one attached hydrogen (secondary N) is 1. The molecule has 0 bridgehead atoms. The third-order valence-corrected chi connectivity index (χ3v) is 4.59. The molecule has 9 heteroatoms. The summed E-state index contributed by atoms with van der Waals surface area (Å²) >= 11 is 0. The van der Waals surface area contributed by atoms with E-state index in [-0.39, 0.29) is 11.1 Å². The summed E-state index contributed by atoms with van der Waals surface area (Å²) in [6.45, 7) is 3.71. The van der Waals surface area contributed by atoms with Gasteiger partial charge in [-0.15, -0.1) is 0 Å². The van der Waals surface area contributed by atoms with E-state index < -0.39 is 19.0 Å². The molecule has 0 aliphatic heterocycles. The number of carbonyl (C=O) groups excluding carboxylic acids is 1. The highest BCUT2D eigenvalue weighted by Gasteiger charge is 2.17. The minimum absolute atomic E-state index is 0.0804. The molecule has 0 aliphatic rings. The molecule has 0 fully saturated rings. The molecular weight excluding hydrogens is 385 g/mol. The topological polar surface area (TPSA) is 124 Å². The number of hydrogen-bond donors (Lipinski definition) is 4. The Hall–Kier alpha value is -3.69. The minimum atomic E-state index is -1.60. The third kappa shape index (κ3) is 4.48. The molecule has 0 saturated carbocycles. The van der Waals surface area contributed by atoms with Crippen LogP contribution in [-0.4, -0.2) is 44.9 Å². The van der Waals surface area contributed by atoms with Gasteiger partial charge in [-0.2, -0.15) is 5.10 Å². The van der Waals surface area contributed by atoms with Crippen molar-refractivity contribution < 1.29 is 24.7 Å². The van der Waals surface area contributed by atoms with E-state index in [1.165, 1.54) is 30.5 Å². The zero-order chi connectivity index (χ0) is 21.8. The van der Waals surface area contributed by atoms with Crippen LogP contribution in [0.15, 0.2) is 59.7 Å². The first-order valence-electron chi connectivity index (χ1n) is 9.10. The van der Waals surface area contributed by atoms with Crippen LogP contribution in [0.2, 0.25) is 0 Å². The van der Waals surface area contributed by atoms with E-state index >= 15 is 0 Å². The van der Waals surface area contributed by atoms with Crippen LogP contribution >= 0.6 is 0 Å². The molecular formula is C21H20BN3O5. The number of hydrazone groups is 1. The lowest BCUT2D eigenvalue weighted by Gasteiger charge is -2.14. The van der Waals surface area contributed by atoms with Gasteiger partial charge in [-0.25, -0.2) is 10.2 Å². The van der Waals surface area contributed by atoms with Gasteiger partial charge >= 0.3 is 13.1 Å². The van der Waals surface area contributed by atoms with Crippen LogP contribution in [-0.2, 0) is 0 Å². The second-order valence-corrected chi connectivity index (χ2v) is 6.73. The average molecular weight is 405 g/mol. The number of carbonyl (C=O) groups is 2. The van der Waals surface area contributed by atoms with Gasteiger partial charge in [0.05, 0.1) is 17.5 Å². The van der Waals surface area contributed by atoms with E-state index in [2.05, 4.69) is 10.5 Å². The van der Waals surface area contributed by atoms with Crippen molar-refractivity contribution in [1.82, 2.24) is 9.99 Å². The molecule has 2 aromatic carbocycles. The van der Waals surface area contributed by atoms with Crippen molar-refractivity contribution in [2.45, 2.75) is 13.8 Å². The lowest BCUT2D eigenvalue weighted by Crippen LogP contribution is -2.29. The molecule has 4 N–H and O–H groups in total. The highest BCUT2D eigenvalue weighted by Crippen LogP contribution is 2.22. The van der Waals surface area contributed by atoms with Gasteiger partial charge in [0.1, 0.15) is 0 Å². The van der Waals surface area contributed by atoms with Crippen LogP contribution in [0.1, 0.15) is 37.7 Å². The molecule has 0 aliphatic carbocycles. The van der Waals surface area contributed by atoms with E-state index in [1.54, 1.807) is 22.8 Å². The van der Waals surface area contributed by atoms with Gasteiger partial charge in [0, 0.05) is 17.0 Å². The van der Waals surface area contributed by atoms with Crippen molar-refractivity contribution in [3.05, 3.63) is 82.7 Å². The van der Waals surface area contributed by atoms with Crippen LogP contribution in [0, 0.1) is 13.8 Å². The summed E-state index contributed by atoms with van der Waals surface area (Å²) in [5.41, 5.74) is 5.68. The van der Waals surface area contributed by atoms with Gasteiger partial charge in [0.15, 0.2) is 0 Å². The van der Waals surface area contributed by atoms with Gasteiger partial charge in [-0.1, -0.05) is 24.3 Å². The van der Waals surface area contributed by atoms with Crippen molar-refractivity contribution in [3.8, 4) is 5.69 Å². The van der Waals surface area contributed by atoms with Gasteiger partial charge < -0.3 is 19.7 Å². The van der Waals surface area contributed by atoms with E-state index in [9.17, 15) is 24.7 Å². The van der Waals surface area contributed by atoms with Gasteiger partial charge in [-0.3, -0.25) is 4.79 Å². The normalized spacial score (nSPS) is 10.9. The standard InChI is InChI=1S/C21H20BN3O5/c1-13-6-7-14(2)25(13)19-11-16(8-9-18(19)21(27)28)20(26)24-23-12-15-4-3-5-17(10-15)22(29)30/h3-12,29-30H,1-2H3,(H,24,26)(H,27,28). The molecule has 0 spiro atoms. The zero-order valence-electron chi connectivity index (χ0n) is 16.4. The minimum Gasteiger partial charge on any atom is -0.478 e. The molecule has 1 heterocycles. The lowest BCUT2D eigenvalue weighted by molar-refractivity contribution is 0.0696. The molecule has 8 nitrogen and oxygen atoms in total. The molecule has 3 rings (SSSR count).